The first-order valence-corrected chi connectivity index (χ1v) is 11.6. The molecule has 1 saturated heterocycles. The number of rotatable bonds is 5. The van der Waals surface area contributed by atoms with Crippen LogP contribution in [0.25, 0.3) is 0 Å². The summed E-state index contributed by atoms with van der Waals surface area (Å²) >= 11 is 0. The standard InChI is InChI=1S/C18H20F2N2O4S2/c19-18(20)27(23,24)17-10-5-4-9-16(17)21-11-6-12-22(14-13-21)28(25,26)15-7-2-1-3-8-15/h1-5,7-10,18H,6,11-14H2. The molecule has 0 bridgehead atoms. The van der Waals surface area contributed by atoms with Crippen LogP contribution in [0.1, 0.15) is 6.42 Å². The van der Waals surface area contributed by atoms with Crippen LogP contribution in [0.5, 0.6) is 0 Å². The lowest BCUT2D eigenvalue weighted by atomic mass is 10.2. The maximum Gasteiger partial charge on any atom is 0.341 e. The largest absolute Gasteiger partial charge is 0.369 e. The smallest absolute Gasteiger partial charge is 0.341 e. The summed E-state index contributed by atoms with van der Waals surface area (Å²) in [7, 11) is -8.44. The molecule has 152 valence electrons. The van der Waals surface area contributed by atoms with E-state index in [9.17, 15) is 25.6 Å². The molecular weight excluding hydrogens is 410 g/mol. The average molecular weight is 430 g/mol. The minimum absolute atomic E-state index is 0.125. The molecule has 0 unspecified atom stereocenters. The number of sulfonamides is 1. The molecule has 1 fully saturated rings. The minimum Gasteiger partial charge on any atom is -0.369 e. The van der Waals surface area contributed by atoms with E-state index < -0.39 is 30.5 Å². The zero-order valence-electron chi connectivity index (χ0n) is 14.9. The van der Waals surface area contributed by atoms with Crippen LogP contribution in [0.3, 0.4) is 0 Å². The first-order chi connectivity index (χ1) is 13.2. The molecule has 1 aliphatic heterocycles. The van der Waals surface area contributed by atoms with Gasteiger partial charge in [0.25, 0.3) is 0 Å². The zero-order chi connectivity index (χ0) is 20.4. The predicted octanol–water partition coefficient (Wildman–Crippen LogP) is 2.58. The Bertz CT molecular complexity index is 1030. The maximum absolute atomic E-state index is 13.0. The van der Waals surface area contributed by atoms with Gasteiger partial charge in [-0.15, -0.1) is 0 Å². The van der Waals surface area contributed by atoms with Gasteiger partial charge in [0.05, 0.1) is 15.5 Å². The lowest BCUT2D eigenvalue weighted by Crippen LogP contribution is -2.35. The number of para-hydroxylation sites is 1. The third-order valence-corrected chi connectivity index (χ3v) is 7.92. The number of halogens is 2. The summed E-state index contributed by atoms with van der Waals surface area (Å²) in [6, 6.07) is 13.6. The quantitative estimate of drug-likeness (QED) is 0.729. The first-order valence-electron chi connectivity index (χ1n) is 8.66. The highest BCUT2D eigenvalue weighted by Gasteiger charge is 2.32. The third kappa shape index (κ3) is 4.03. The van der Waals surface area contributed by atoms with Crippen molar-refractivity contribution in [3.8, 4) is 0 Å². The Balaban J connectivity index is 1.86. The van der Waals surface area contributed by atoms with Crippen LogP contribution in [0.2, 0.25) is 0 Å². The van der Waals surface area contributed by atoms with Gasteiger partial charge in [-0.05, 0) is 30.7 Å². The zero-order valence-corrected chi connectivity index (χ0v) is 16.5. The summed E-state index contributed by atoms with van der Waals surface area (Å²) in [6.07, 6.45) is 0.440. The molecular formula is C18H20F2N2O4S2. The van der Waals surface area contributed by atoms with E-state index in [0.29, 0.717) is 13.0 Å². The lowest BCUT2D eigenvalue weighted by Gasteiger charge is -2.25. The Labute approximate surface area is 163 Å². The maximum atomic E-state index is 13.0. The number of benzene rings is 2. The summed E-state index contributed by atoms with van der Waals surface area (Å²) in [5.41, 5.74) is 0.168. The topological polar surface area (TPSA) is 74.8 Å². The molecule has 0 aromatic heterocycles. The van der Waals surface area contributed by atoms with Gasteiger partial charge in [-0.25, -0.2) is 16.8 Å². The van der Waals surface area contributed by atoms with Gasteiger partial charge < -0.3 is 4.90 Å². The van der Waals surface area contributed by atoms with Crippen LogP contribution in [-0.4, -0.2) is 53.1 Å². The summed E-state index contributed by atoms with van der Waals surface area (Å²) in [5, 5.41) is 0. The Hall–Kier alpha value is -2.04. The lowest BCUT2D eigenvalue weighted by molar-refractivity contribution is 0.235. The summed E-state index contributed by atoms with van der Waals surface area (Å²) in [4.78, 5) is 1.39. The van der Waals surface area contributed by atoms with E-state index in [1.54, 1.807) is 29.2 Å². The highest BCUT2D eigenvalue weighted by atomic mass is 32.2. The van der Waals surface area contributed by atoms with Crippen molar-refractivity contribution in [3.63, 3.8) is 0 Å². The Morgan fingerprint density at radius 3 is 2.11 bits per heavy atom. The molecule has 0 N–H and O–H groups in total. The average Bonchev–Trinajstić information content (AvgIpc) is 2.95. The minimum atomic E-state index is -4.76. The van der Waals surface area contributed by atoms with Crippen molar-refractivity contribution in [2.75, 3.05) is 31.1 Å². The van der Waals surface area contributed by atoms with Crippen molar-refractivity contribution < 1.29 is 25.6 Å². The summed E-state index contributed by atoms with van der Waals surface area (Å²) in [5.74, 6) is -3.52. The Morgan fingerprint density at radius 1 is 0.786 bits per heavy atom. The van der Waals surface area contributed by atoms with Gasteiger partial charge in [0.1, 0.15) is 0 Å². The Morgan fingerprint density at radius 2 is 1.43 bits per heavy atom. The van der Waals surface area contributed by atoms with Crippen molar-refractivity contribution in [3.05, 3.63) is 54.6 Å². The van der Waals surface area contributed by atoms with Gasteiger partial charge in [-0.3, -0.25) is 0 Å². The van der Waals surface area contributed by atoms with Crippen molar-refractivity contribution >= 4 is 25.5 Å². The monoisotopic (exact) mass is 430 g/mol. The van der Waals surface area contributed by atoms with Crippen LogP contribution in [0, 0.1) is 0 Å². The predicted molar refractivity (Wildman–Crippen MR) is 102 cm³/mol. The SMILES string of the molecule is O=S(=O)(c1ccccc1N1CCCN(S(=O)(=O)c2ccccc2)CC1)C(F)F. The molecule has 0 radical (unpaired) electrons. The second-order valence-corrected chi connectivity index (χ2v) is 10.2. The second kappa shape index (κ2) is 8.14. The van der Waals surface area contributed by atoms with E-state index in [1.807, 2.05) is 0 Å². The van der Waals surface area contributed by atoms with E-state index >= 15 is 0 Å². The fourth-order valence-corrected chi connectivity index (χ4v) is 5.61. The fourth-order valence-electron chi connectivity index (χ4n) is 3.17. The van der Waals surface area contributed by atoms with Gasteiger partial charge in [0.15, 0.2) is 0 Å². The normalized spacial score (nSPS) is 16.9. The molecule has 0 amide bonds. The first kappa shape index (κ1) is 20.7. The van der Waals surface area contributed by atoms with Crippen LogP contribution in [0.4, 0.5) is 14.5 Å². The molecule has 3 rings (SSSR count). The molecule has 10 heteroatoms. The molecule has 2 aromatic rings. The Kier molecular flexibility index (Phi) is 6.01. The van der Waals surface area contributed by atoms with Crippen LogP contribution >= 0.6 is 0 Å². The molecule has 1 aliphatic rings. The molecule has 0 aliphatic carbocycles. The number of alkyl halides is 2. The number of sulfone groups is 1. The fraction of sp³-hybridized carbons (Fsp3) is 0.333. The molecule has 0 saturated carbocycles. The van der Waals surface area contributed by atoms with Crippen LogP contribution in [-0.2, 0) is 19.9 Å². The van der Waals surface area contributed by atoms with Crippen molar-refractivity contribution in [1.82, 2.24) is 4.31 Å². The van der Waals surface area contributed by atoms with Crippen molar-refractivity contribution in [2.24, 2.45) is 0 Å². The van der Waals surface area contributed by atoms with Gasteiger partial charge in [0.2, 0.25) is 19.9 Å². The van der Waals surface area contributed by atoms with Crippen LogP contribution in [0.15, 0.2) is 64.4 Å². The van der Waals surface area contributed by atoms with Crippen molar-refractivity contribution in [2.45, 2.75) is 22.0 Å². The molecule has 0 spiro atoms. The van der Waals surface area contributed by atoms with E-state index in [1.165, 1.54) is 28.6 Å². The van der Waals surface area contributed by atoms with E-state index in [4.69, 9.17) is 0 Å². The highest BCUT2D eigenvalue weighted by molar-refractivity contribution is 7.91. The van der Waals surface area contributed by atoms with Gasteiger partial charge in [-0.1, -0.05) is 30.3 Å². The highest BCUT2D eigenvalue weighted by Crippen LogP contribution is 2.30. The van der Waals surface area contributed by atoms with E-state index in [2.05, 4.69) is 0 Å². The molecule has 6 nitrogen and oxygen atoms in total. The molecule has 2 aromatic carbocycles. The molecule has 28 heavy (non-hydrogen) atoms. The molecule has 0 atom stereocenters. The van der Waals surface area contributed by atoms with Crippen molar-refractivity contribution in [1.29, 1.82) is 0 Å². The number of anilines is 1. The summed E-state index contributed by atoms with van der Waals surface area (Å²) < 4.78 is 77.1. The van der Waals surface area contributed by atoms with Gasteiger partial charge >= 0.3 is 5.76 Å². The third-order valence-electron chi connectivity index (χ3n) is 4.58. The summed E-state index contributed by atoms with van der Waals surface area (Å²) in [6.45, 7) is 0.941. The number of hydrogen-bond donors (Lipinski definition) is 0. The van der Waals surface area contributed by atoms with E-state index in [-0.39, 0.29) is 30.2 Å². The second-order valence-electron chi connectivity index (χ2n) is 6.33. The number of hydrogen-bond acceptors (Lipinski definition) is 5. The number of nitrogens with zero attached hydrogens (tertiary/aromatic N) is 2. The van der Waals surface area contributed by atoms with Gasteiger partial charge in [0, 0.05) is 26.2 Å². The van der Waals surface area contributed by atoms with E-state index in [0.717, 1.165) is 6.07 Å². The van der Waals surface area contributed by atoms with Gasteiger partial charge in [-0.2, -0.15) is 13.1 Å². The molecule has 1 heterocycles. The van der Waals surface area contributed by atoms with Crippen LogP contribution < -0.4 is 4.90 Å².